The monoisotopic (exact) mass is 196 g/mol. The molecule has 0 radical (unpaired) electrons. The second-order valence-corrected chi connectivity index (χ2v) is 3.83. The van der Waals surface area contributed by atoms with E-state index in [4.69, 9.17) is 4.74 Å². The van der Waals surface area contributed by atoms with E-state index >= 15 is 0 Å². The van der Waals surface area contributed by atoms with Crippen LogP contribution in [0.3, 0.4) is 0 Å². The molecule has 1 fully saturated rings. The van der Waals surface area contributed by atoms with Crippen LogP contribution in [0.5, 0.6) is 0 Å². The number of aromatic nitrogens is 2. The van der Waals surface area contributed by atoms with Crippen molar-refractivity contribution in [3.05, 3.63) is 18.0 Å². The van der Waals surface area contributed by atoms with Crippen LogP contribution in [0.4, 0.5) is 0 Å². The predicted octanol–water partition coefficient (Wildman–Crippen LogP) is 0.899. The third-order valence-electron chi connectivity index (χ3n) is 2.96. The lowest BCUT2D eigenvalue weighted by atomic mass is 9.75. The molecule has 0 amide bonds. The highest BCUT2D eigenvalue weighted by molar-refractivity contribution is 5.17. The van der Waals surface area contributed by atoms with Gasteiger partial charge in [-0.25, -0.2) is 0 Å². The Kier molecular flexibility index (Phi) is 2.33. The maximum Gasteiger partial charge on any atom is 0.111 e. The van der Waals surface area contributed by atoms with Crippen molar-refractivity contribution >= 4 is 0 Å². The van der Waals surface area contributed by atoms with Crippen LogP contribution in [0.2, 0.25) is 0 Å². The highest BCUT2D eigenvalue weighted by Crippen LogP contribution is 2.42. The smallest absolute Gasteiger partial charge is 0.111 e. The molecule has 0 aliphatic heterocycles. The molecule has 0 spiro atoms. The highest BCUT2D eigenvalue weighted by atomic mass is 16.5. The van der Waals surface area contributed by atoms with E-state index < -0.39 is 5.60 Å². The van der Waals surface area contributed by atoms with Crippen molar-refractivity contribution in [1.82, 2.24) is 9.78 Å². The van der Waals surface area contributed by atoms with Crippen LogP contribution < -0.4 is 0 Å². The molecule has 1 heterocycles. The molecule has 4 nitrogen and oxygen atoms in total. The topological polar surface area (TPSA) is 47.3 Å². The Hall–Kier alpha value is -0.870. The average molecular weight is 196 g/mol. The lowest BCUT2D eigenvalue weighted by Crippen LogP contribution is -2.46. The van der Waals surface area contributed by atoms with Gasteiger partial charge in [-0.05, 0) is 13.0 Å². The Morgan fingerprint density at radius 3 is 3.00 bits per heavy atom. The molecule has 0 unspecified atom stereocenters. The minimum atomic E-state index is -0.715. The number of aryl methyl sites for hydroxylation is 1. The van der Waals surface area contributed by atoms with E-state index in [2.05, 4.69) is 5.10 Å². The molecule has 0 aromatic carbocycles. The minimum absolute atomic E-state index is 0.195. The Morgan fingerprint density at radius 1 is 1.71 bits per heavy atom. The molecule has 1 aromatic rings. The van der Waals surface area contributed by atoms with E-state index in [0.717, 1.165) is 12.2 Å². The summed E-state index contributed by atoms with van der Waals surface area (Å²) >= 11 is 0. The Bertz CT molecular complexity index is 316. The maximum absolute atomic E-state index is 10.2. The van der Waals surface area contributed by atoms with Gasteiger partial charge in [0.1, 0.15) is 5.60 Å². The van der Waals surface area contributed by atoms with Crippen molar-refractivity contribution in [2.24, 2.45) is 0 Å². The maximum atomic E-state index is 10.2. The van der Waals surface area contributed by atoms with Crippen molar-refractivity contribution in [3.63, 3.8) is 0 Å². The number of ether oxygens (including phenoxy) is 1. The van der Waals surface area contributed by atoms with E-state index in [1.807, 2.05) is 17.7 Å². The van der Waals surface area contributed by atoms with Gasteiger partial charge in [-0.1, -0.05) is 0 Å². The molecule has 0 bridgehead atoms. The van der Waals surface area contributed by atoms with Crippen molar-refractivity contribution in [1.29, 1.82) is 0 Å². The van der Waals surface area contributed by atoms with Crippen molar-refractivity contribution in [3.8, 4) is 0 Å². The average Bonchev–Trinajstić information content (AvgIpc) is 2.60. The molecule has 4 heteroatoms. The van der Waals surface area contributed by atoms with Gasteiger partial charge in [0.25, 0.3) is 0 Å². The van der Waals surface area contributed by atoms with Gasteiger partial charge in [-0.15, -0.1) is 0 Å². The number of methoxy groups -OCH3 is 1. The third kappa shape index (κ3) is 1.35. The molecule has 14 heavy (non-hydrogen) atoms. The molecular weight excluding hydrogens is 180 g/mol. The fourth-order valence-corrected chi connectivity index (χ4v) is 2.05. The van der Waals surface area contributed by atoms with Gasteiger partial charge in [0.2, 0.25) is 0 Å². The molecule has 0 atom stereocenters. The summed E-state index contributed by atoms with van der Waals surface area (Å²) in [5.74, 6) is 0. The molecular formula is C10H16N2O2. The summed E-state index contributed by atoms with van der Waals surface area (Å²) in [5.41, 5.74) is 0.195. The molecule has 1 aliphatic rings. The molecule has 2 rings (SSSR count). The zero-order valence-electron chi connectivity index (χ0n) is 8.60. The van der Waals surface area contributed by atoms with Crippen molar-refractivity contribution < 1.29 is 9.84 Å². The van der Waals surface area contributed by atoms with Crippen LogP contribution in [0.25, 0.3) is 0 Å². The summed E-state index contributed by atoms with van der Waals surface area (Å²) in [4.78, 5) is 0. The number of rotatable bonds is 3. The van der Waals surface area contributed by atoms with E-state index in [0.29, 0.717) is 12.8 Å². The standard InChI is InChI=1S/C10H16N2O2/c1-3-12-9(4-5-11-12)10(13)6-8(7-10)14-2/h4-5,8,13H,3,6-7H2,1-2H3. The summed E-state index contributed by atoms with van der Waals surface area (Å²) in [7, 11) is 1.68. The summed E-state index contributed by atoms with van der Waals surface area (Å²) in [6, 6.07) is 1.88. The van der Waals surface area contributed by atoms with Crippen LogP contribution in [0.1, 0.15) is 25.5 Å². The quantitative estimate of drug-likeness (QED) is 0.781. The van der Waals surface area contributed by atoms with Crippen molar-refractivity contribution in [2.45, 2.75) is 38.0 Å². The van der Waals surface area contributed by atoms with Gasteiger partial charge in [0.15, 0.2) is 0 Å². The first-order valence-corrected chi connectivity index (χ1v) is 4.97. The van der Waals surface area contributed by atoms with Gasteiger partial charge in [-0.3, -0.25) is 4.68 Å². The number of nitrogens with zero attached hydrogens (tertiary/aromatic N) is 2. The number of aliphatic hydroxyl groups is 1. The summed E-state index contributed by atoms with van der Waals surface area (Å²) in [6.45, 7) is 2.81. The zero-order chi connectivity index (χ0) is 10.2. The van der Waals surface area contributed by atoms with Crippen LogP contribution in [0, 0.1) is 0 Å². The second kappa shape index (κ2) is 3.37. The Labute approximate surface area is 83.5 Å². The first kappa shape index (κ1) is 9.68. The zero-order valence-corrected chi connectivity index (χ0v) is 8.60. The van der Waals surface area contributed by atoms with Gasteiger partial charge >= 0.3 is 0 Å². The molecule has 1 aliphatic carbocycles. The van der Waals surface area contributed by atoms with E-state index in [1.54, 1.807) is 13.3 Å². The number of hydrogen-bond acceptors (Lipinski definition) is 3. The lowest BCUT2D eigenvalue weighted by Gasteiger charge is -2.42. The van der Waals surface area contributed by atoms with Gasteiger partial charge in [0.05, 0.1) is 11.8 Å². The van der Waals surface area contributed by atoms with Crippen LogP contribution >= 0.6 is 0 Å². The second-order valence-electron chi connectivity index (χ2n) is 3.83. The largest absolute Gasteiger partial charge is 0.383 e. The molecule has 1 aromatic heterocycles. The Morgan fingerprint density at radius 2 is 2.43 bits per heavy atom. The summed E-state index contributed by atoms with van der Waals surface area (Å²) in [6.07, 6.45) is 3.28. The van der Waals surface area contributed by atoms with E-state index in [-0.39, 0.29) is 6.10 Å². The fourth-order valence-electron chi connectivity index (χ4n) is 2.05. The van der Waals surface area contributed by atoms with Gasteiger partial charge in [0, 0.05) is 32.7 Å². The molecule has 1 N–H and O–H groups in total. The normalized spacial score (nSPS) is 31.5. The highest BCUT2D eigenvalue weighted by Gasteiger charge is 2.46. The van der Waals surface area contributed by atoms with Gasteiger partial charge in [-0.2, -0.15) is 5.10 Å². The molecule has 0 saturated heterocycles. The van der Waals surface area contributed by atoms with E-state index in [9.17, 15) is 5.11 Å². The van der Waals surface area contributed by atoms with Crippen LogP contribution in [-0.2, 0) is 16.9 Å². The number of hydrogen-bond donors (Lipinski definition) is 1. The van der Waals surface area contributed by atoms with Crippen LogP contribution in [-0.4, -0.2) is 28.1 Å². The molecule has 78 valence electrons. The minimum Gasteiger partial charge on any atom is -0.383 e. The van der Waals surface area contributed by atoms with Crippen molar-refractivity contribution in [2.75, 3.05) is 7.11 Å². The molecule has 1 saturated carbocycles. The van der Waals surface area contributed by atoms with Crippen LogP contribution in [0.15, 0.2) is 12.3 Å². The van der Waals surface area contributed by atoms with E-state index in [1.165, 1.54) is 0 Å². The first-order chi connectivity index (χ1) is 6.69. The Balaban J connectivity index is 2.16. The SMILES string of the molecule is CCn1nccc1C1(O)CC(OC)C1. The summed E-state index contributed by atoms with van der Waals surface area (Å²) < 4.78 is 7.00. The third-order valence-corrected chi connectivity index (χ3v) is 2.96. The summed E-state index contributed by atoms with van der Waals surface area (Å²) in [5, 5.41) is 14.4. The van der Waals surface area contributed by atoms with Gasteiger partial charge < -0.3 is 9.84 Å². The first-order valence-electron chi connectivity index (χ1n) is 4.97. The predicted molar refractivity (Wildman–Crippen MR) is 51.8 cm³/mol. The fraction of sp³-hybridized carbons (Fsp3) is 0.700. The lowest BCUT2D eigenvalue weighted by molar-refractivity contribution is -0.137.